The molecule has 2 aromatic carbocycles. The zero-order valence-corrected chi connectivity index (χ0v) is 40.5. The molecule has 1 heterocycles. The summed E-state index contributed by atoms with van der Waals surface area (Å²) in [5.74, 6) is -2.92. The summed E-state index contributed by atoms with van der Waals surface area (Å²) in [7, 11) is 6.83. The summed E-state index contributed by atoms with van der Waals surface area (Å²) in [5, 5.41) is 15.1. The monoisotopic (exact) mass is 890 g/mol. The molecule has 1 fully saturated rings. The first kappa shape index (κ1) is 53.9. The number of nitrogens with zero attached hydrogens (tertiary/aromatic N) is 3. The highest BCUT2D eigenvalue weighted by molar-refractivity contribution is 6.00. The smallest absolute Gasteiger partial charge is 0.303 e. The molecule has 0 bridgehead atoms. The van der Waals surface area contributed by atoms with Crippen molar-refractivity contribution in [2.75, 3.05) is 41.4 Å². The molecule has 0 unspecified atom stereocenters. The van der Waals surface area contributed by atoms with Gasteiger partial charge in [0.2, 0.25) is 23.6 Å². The van der Waals surface area contributed by atoms with Crippen LogP contribution in [0.1, 0.15) is 98.1 Å². The van der Waals surface area contributed by atoms with Gasteiger partial charge >= 0.3 is 5.97 Å². The molecule has 13 heteroatoms. The van der Waals surface area contributed by atoms with E-state index in [0.29, 0.717) is 32.4 Å². The number of ether oxygens (including phenoxy) is 2. The second-order valence-electron chi connectivity index (χ2n) is 18.4. The Morgan fingerprint density at radius 2 is 1.44 bits per heavy atom. The highest BCUT2D eigenvalue weighted by Gasteiger charge is 2.43. The van der Waals surface area contributed by atoms with Gasteiger partial charge in [0.25, 0.3) is 0 Å². The van der Waals surface area contributed by atoms with Gasteiger partial charge in [-0.05, 0) is 81.6 Å². The number of amides is 4. The lowest BCUT2D eigenvalue weighted by atomic mass is 9.87. The molecule has 3 rings (SSSR count). The number of rotatable bonds is 27. The largest absolute Gasteiger partial charge is 0.481 e. The molecule has 2 aromatic rings. The molecule has 13 nitrogen and oxygen atoms in total. The Kier molecular flexibility index (Phi) is 22.9. The van der Waals surface area contributed by atoms with Gasteiger partial charge in [-0.2, -0.15) is 0 Å². The molecule has 4 amide bonds. The van der Waals surface area contributed by atoms with E-state index < -0.39 is 48.0 Å². The normalized spacial score (nSPS) is 18.2. The molecule has 0 aliphatic carbocycles. The molecule has 9 atom stereocenters. The quantitative estimate of drug-likeness (QED) is 0.0859. The molecule has 3 N–H and O–H groups in total. The standard InChI is InChI=1S/C51H79N5O8/c1-12-36(6)47(55(9)46(35(4)5)51(62)53-50(61)45(34(2)3)54(8)30-21-29-44(58)59)42(63-10)33-43(57)56-31-20-28-41(56)48(64-11)37(7)49(60)52-40(32-39-24-17-14-18-25-39)27-19-26-38-22-15-13-16-23-38/h13-19,22-25,27,34-37,40-42,45-48H,12,20-21,26,28-33H2,1-11H3,(H,52,60)(H,58,59)(H,53,61,62)/b27-19-/t36-,37+,40+,41-,42+,45-,46-,47-,48+/m0/s1. The number of allylic oxidation sites excluding steroid dienone is 1. The van der Waals surface area contributed by atoms with E-state index in [0.717, 1.165) is 24.8 Å². The van der Waals surface area contributed by atoms with E-state index in [-0.39, 0.29) is 60.5 Å². The molecule has 0 aromatic heterocycles. The van der Waals surface area contributed by atoms with Gasteiger partial charge in [0.05, 0.1) is 48.7 Å². The Hall–Kier alpha value is -4.43. The van der Waals surface area contributed by atoms with Crippen LogP contribution in [0.2, 0.25) is 0 Å². The Bertz CT molecular complexity index is 1770. The van der Waals surface area contributed by atoms with Gasteiger partial charge in [0, 0.05) is 33.2 Å². The number of methoxy groups -OCH3 is 2. The maximum absolute atomic E-state index is 14.5. The Morgan fingerprint density at radius 1 is 0.844 bits per heavy atom. The zero-order valence-electron chi connectivity index (χ0n) is 40.5. The minimum atomic E-state index is -0.898. The zero-order chi connectivity index (χ0) is 47.5. The van der Waals surface area contributed by atoms with Crippen molar-refractivity contribution in [3.8, 4) is 0 Å². The van der Waals surface area contributed by atoms with Crippen LogP contribution in [0.4, 0.5) is 0 Å². The summed E-state index contributed by atoms with van der Waals surface area (Å²) < 4.78 is 12.2. The Labute approximate surface area is 383 Å². The number of likely N-dealkylation sites (tertiary alicyclic amines) is 1. The predicted molar refractivity (Wildman–Crippen MR) is 252 cm³/mol. The van der Waals surface area contributed by atoms with Crippen molar-refractivity contribution in [3.63, 3.8) is 0 Å². The molecule has 0 saturated carbocycles. The second kappa shape index (κ2) is 27.1. The van der Waals surface area contributed by atoms with Crippen LogP contribution in [0, 0.1) is 23.7 Å². The second-order valence-corrected chi connectivity index (χ2v) is 18.4. The minimum absolute atomic E-state index is 0.00618. The lowest BCUT2D eigenvalue weighted by Crippen LogP contribution is -2.60. The van der Waals surface area contributed by atoms with E-state index in [4.69, 9.17) is 14.6 Å². The molecule has 1 aliphatic rings. The Morgan fingerprint density at radius 3 is 1.98 bits per heavy atom. The van der Waals surface area contributed by atoms with Crippen molar-refractivity contribution in [1.29, 1.82) is 0 Å². The SMILES string of the molecule is CC[C@H](C)[C@@H]([C@@H](CC(=O)N1CCC[C@H]1[C@H](OC)[C@@H](C)C(=O)N[C@H](/C=C\Cc1ccccc1)Cc1ccccc1)OC)N(C)[C@H](C(=O)NC(=O)[C@H](C(C)C)N(C)CCCC(=O)O)C(C)C. The first-order valence-corrected chi connectivity index (χ1v) is 23.3. The van der Waals surface area contributed by atoms with Gasteiger partial charge in [-0.25, -0.2) is 0 Å². The number of imide groups is 1. The summed E-state index contributed by atoms with van der Waals surface area (Å²) in [5.41, 5.74) is 2.29. The number of likely N-dealkylation sites (N-methyl/N-ethyl adjacent to an activating group) is 2. The van der Waals surface area contributed by atoms with Crippen molar-refractivity contribution < 1.29 is 38.6 Å². The van der Waals surface area contributed by atoms with E-state index >= 15 is 0 Å². The number of aliphatic carboxylic acids is 1. The van der Waals surface area contributed by atoms with Gasteiger partial charge in [-0.15, -0.1) is 0 Å². The molecular weight excluding hydrogens is 811 g/mol. The fourth-order valence-electron chi connectivity index (χ4n) is 9.57. The third-order valence-corrected chi connectivity index (χ3v) is 13.0. The lowest BCUT2D eigenvalue weighted by Gasteiger charge is -2.43. The third kappa shape index (κ3) is 15.9. The average Bonchev–Trinajstić information content (AvgIpc) is 3.73. The van der Waals surface area contributed by atoms with Crippen LogP contribution in [-0.2, 0) is 46.3 Å². The molecular formula is C51H79N5O8. The lowest BCUT2D eigenvalue weighted by molar-refractivity contribution is -0.144. The highest BCUT2D eigenvalue weighted by Crippen LogP contribution is 2.30. The number of carboxylic acid groups (broad SMARTS) is 1. The topological polar surface area (TPSA) is 158 Å². The van der Waals surface area contributed by atoms with Crippen LogP contribution in [-0.4, -0.2) is 133 Å². The summed E-state index contributed by atoms with van der Waals surface area (Å²) >= 11 is 0. The first-order valence-electron chi connectivity index (χ1n) is 23.3. The van der Waals surface area contributed by atoms with Crippen molar-refractivity contribution >= 4 is 29.6 Å². The van der Waals surface area contributed by atoms with Crippen molar-refractivity contribution in [2.24, 2.45) is 23.7 Å². The molecule has 356 valence electrons. The summed E-state index contributed by atoms with van der Waals surface area (Å²) in [6.07, 6.45) is 7.02. The van der Waals surface area contributed by atoms with Gasteiger partial charge in [-0.1, -0.05) is 128 Å². The van der Waals surface area contributed by atoms with Crippen LogP contribution in [0.3, 0.4) is 0 Å². The summed E-state index contributed by atoms with van der Waals surface area (Å²) in [6.45, 7) is 14.6. The fourth-order valence-corrected chi connectivity index (χ4v) is 9.57. The minimum Gasteiger partial charge on any atom is -0.481 e. The number of carboxylic acids is 1. The number of carbonyl (C=O) groups is 5. The third-order valence-electron chi connectivity index (χ3n) is 13.0. The van der Waals surface area contributed by atoms with Crippen molar-refractivity contribution in [3.05, 3.63) is 83.9 Å². The van der Waals surface area contributed by atoms with Gasteiger partial charge in [0.1, 0.15) is 0 Å². The number of nitrogens with one attached hydrogen (secondary N) is 2. The predicted octanol–water partition coefficient (Wildman–Crippen LogP) is 6.40. The molecule has 0 spiro atoms. The number of carbonyl (C=O) groups excluding carboxylic acids is 4. The van der Waals surface area contributed by atoms with Crippen LogP contribution in [0.25, 0.3) is 0 Å². The first-order chi connectivity index (χ1) is 30.4. The maximum atomic E-state index is 14.5. The summed E-state index contributed by atoms with van der Waals surface area (Å²) in [6, 6.07) is 18.0. The average molecular weight is 890 g/mol. The van der Waals surface area contributed by atoms with Gasteiger partial charge < -0.3 is 24.8 Å². The van der Waals surface area contributed by atoms with Crippen molar-refractivity contribution in [1.82, 2.24) is 25.3 Å². The van der Waals surface area contributed by atoms with E-state index in [1.165, 1.54) is 5.56 Å². The van der Waals surface area contributed by atoms with E-state index in [2.05, 4.69) is 60.9 Å². The van der Waals surface area contributed by atoms with E-state index in [1.807, 2.05) is 87.9 Å². The van der Waals surface area contributed by atoms with Gasteiger partial charge in [-0.3, -0.25) is 39.1 Å². The van der Waals surface area contributed by atoms with Crippen LogP contribution >= 0.6 is 0 Å². The maximum Gasteiger partial charge on any atom is 0.303 e. The molecule has 1 aliphatic heterocycles. The fraction of sp³-hybridized carbons (Fsp3) is 0.627. The van der Waals surface area contributed by atoms with Crippen LogP contribution in [0.5, 0.6) is 0 Å². The van der Waals surface area contributed by atoms with Gasteiger partial charge in [0.15, 0.2) is 0 Å². The Balaban J connectivity index is 1.79. The molecule has 1 saturated heterocycles. The van der Waals surface area contributed by atoms with Crippen LogP contribution < -0.4 is 10.6 Å². The number of hydrogen-bond donors (Lipinski definition) is 3. The molecule has 64 heavy (non-hydrogen) atoms. The number of hydrogen-bond acceptors (Lipinski definition) is 9. The van der Waals surface area contributed by atoms with E-state index in [9.17, 15) is 24.0 Å². The summed E-state index contributed by atoms with van der Waals surface area (Å²) in [4.78, 5) is 73.2. The van der Waals surface area contributed by atoms with E-state index in [1.54, 1.807) is 26.2 Å². The molecule has 0 radical (unpaired) electrons. The van der Waals surface area contributed by atoms with Crippen LogP contribution in [0.15, 0.2) is 72.8 Å². The number of benzene rings is 2. The van der Waals surface area contributed by atoms with Crippen molar-refractivity contribution in [2.45, 2.75) is 142 Å². The highest BCUT2D eigenvalue weighted by atomic mass is 16.5.